The molecule has 0 bridgehead atoms. The van der Waals surface area contributed by atoms with Crippen LogP contribution in [0.2, 0.25) is 0 Å². The lowest BCUT2D eigenvalue weighted by molar-refractivity contribution is 0.961. The zero-order valence-corrected chi connectivity index (χ0v) is 11.3. The molecule has 0 atom stereocenters. The molecule has 4 aromatic rings. The molecule has 0 aliphatic rings. The van der Waals surface area contributed by atoms with Crippen LogP contribution in [0.4, 0.5) is 0 Å². The van der Waals surface area contributed by atoms with E-state index in [0.29, 0.717) is 5.82 Å². The Kier molecular flexibility index (Phi) is 2.74. The highest BCUT2D eigenvalue weighted by Crippen LogP contribution is 2.21. The lowest BCUT2D eigenvalue weighted by Gasteiger charge is -1.95. The number of rotatable bonds is 3. The number of aromatic nitrogens is 5. The van der Waals surface area contributed by atoms with E-state index >= 15 is 0 Å². The van der Waals surface area contributed by atoms with Gasteiger partial charge in [-0.2, -0.15) is 10.2 Å². The molecule has 0 spiro atoms. The zero-order chi connectivity index (χ0) is 14.1. The second kappa shape index (κ2) is 4.86. The van der Waals surface area contributed by atoms with E-state index in [4.69, 9.17) is 0 Å². The summed E-state index contributed by atoms with van der Waals surface area (Å²) in [6, 6.07) is 16.2. The normalized spacial score (nSPS) is 11.0. The van der Waals surface area contributed by atoms with Crippen molar-refractivity contribution in [1.82, 2.24) is 24.8 Å². The first kappa shape index (κ1) is 11.8. The van der Waals surface area contributed by atoms with Crippen molar-refractivity contribution in [2.75, 3.05) is 0 Å². The Morgan fingerprint density at radius 3 is 2.76 bits per heavy atom. The number of pyridine rings is 1. The van der Waals surface area contributed by atoms with Crippen molar-refractivity contribution in [3.63, 3.8) is 0 Å². The highest BCUT2D eigenvalue weighted by Gasteiger charge is 2.11. The van der Waals surface area contributed by atoms with Crippen LogP contribution in [0.1, 0.15) is 11.4 Å². The second-order valence-corrected chi connectivity index (χ2v) is 4.86. The van der Waals surface area contributed by atoms with Crippen molar-refractivity contribution in [1.29, 1.82) is 0 Å². The fourth-order valence-corrected chi connectivity index (χ4v) is 2.39. The topological polar surface area (TPSA) is 58.9 Å². The first-order valence-electron chi connectivity index (χ1n) is 6.78. The summed E-state index contributed by atoms with van der Waals surface area (Å²) in [5, 5.41) is 11.6. The largest absolute Gasteiger partial charge is 0.262 e. The van der Waals surface area contributed by atoms with Gasteiger partial charge in [0, 0.05) is 12.6 Å². The predicted molar refractivity (Wildman–Crippen MR) is 79.8 cm³/mol. The molecule has 3 aromatic heterocycles. The molecule has 3 heterocycles. The summed E-state index contributed by atoms with van der Waals surface area (Å²) >= 11 is 0. The monoisotopic (exact) mass is 275 g/mol. The SMILES string of the molecule is c1ccc(Cc2nc(-c3cnn4ccccc34)n[nH]2)cc1. The van der Waals surface area contributed by atoms with Crippen LogP contribution in [0.3, 0.4) is 0 Å². The molecule has 0 fully saturated rings. The van der Waals surface area contributed by atoms with E-state index < -0.39 is 0 Å². The highest BCUT2D eigenvalue weighted by molar-refractivity contribution is 5.75. The minimum atomic E-state index is 0.683. The smallest absolute Gasteiger partial charge is 0.184 e. The van der Waals surface area contributed by atoms with E-state index in [1.165, 1.54) is 5.56 Å². The third-order valence-corrected chi connectivity index (χ3v) is 3.41. The summed E-state index contributed by atoms with van der Waals surface area (Å²) in [6.45, 7) is 0. The van der Waals surface area contributed by atoms with Gasteiger partial charge in [-0.05, 0) is 17.7 Å². The number of nitrogens with one attached hydrogen (secondary N) is 1. The Hall–Kier alpha value is -2.95. The number of nitrogens with zero attached hydrogens (tertiary/aromatic N) is 4. The quantitative estimate of drug-likeness (QED) is 0.625. The molecule has 0 aliphatic heterocycles. The predicted octanol–water partition coefficient (Wildman–Crippen LogP) is 2.71. The number of H-pyrrole nitrogens is 1. The maximum absolute atomic E-state index is 4.58. The average Bonchev–Trinajstić information content (AvgIpc) is 3.14. The van der Waals surface area contributed by atoms with Gasteiger partial charge < -0.3 is 0 Å². The summed E-state index contributed by atoms with van der Waals surface area (Å²) in [4.78, 5) is 4.58. The van der Waals surface area contributed by atoms with Gasteiger partial charge in [0.05, 0.1) is 17.3 Å². The molecule has 1 N–H and O–H groups in total. The third-order valence-electron chi connectivity index (χ3n) is 3.41. The van der Waals surface area contributed by atoms with Crippen molar-refractivity contribution >= 4 is 5.52 Å². The molecule has 5 nitrogen and oxygen atoms in total. The van der Waals surface area contributed by atoms with Crippen LogP contribution in [-0.4, -0.2) is 24.8 Å². The maximum atomic E-state index is 4.58. The van der Waals surface area contributed by atoms with Crippen molar-refractivity contribution in [3.8, 4) is 11.4 Å². The molecule has 102 valence electrons. The maximum Gasteiger partial charge on any atom is 0.184 e. The summed E-state index contributed by atoms with van der Waals surface area (Å²) in [7, 11) is 0. The molecular formula is C16H13N5. The third kappa shape index (κ3) is 2.18. The van der Waals surface area contributed by atoms with Crippen LogP contribution in [0, 0.1) is 0 Å². The van der Waals surface area contributed by atoms with E-state index in [1.54, 1.807) is 6.20 Å². The molecule has 0 radical (unpaired) electrons. The van der Waals surface area contributed by atoms with Gasteiger partial charge >= 0.3 is 0 Å². The van der Waals surface area contributed by atoms with Gasteiger partial charge in [0.15, 0.2) is 5.82 Å². The van der Waals surface area contributed by atoms with Gasteiger partial charge in [-0.1, -0.05) is 36.4 Å². The zero-order valence-electron chi connectivity index (χ0n) is 11.3. The number of hydrogen-bond donors (Lipinski definition) is 1. The summed E-state index contributed by atoms with van der Waals surface area (Å²) in [6.07, 6.45) is 4.45. The van der Waals surface area contributed by atoms with Gasteiger partial charge in [-0.25, -0.2) is 9.50 Å². The Morgan fingerprint density at radius 2 is 1.86 bits per heavy atom. The molecule has 5 heteroatoms. The van der Waals surface area contributed by atoms with E-state index in [9.17, 15) is 0 Å². The molecule has 0 saturated carbocycles. The summed E-state index contributed by atoms with van der Waals surface area (Å²) in [5.41, 5.74) is 3.15. The van der Waals surface area contributed by atoms with E-state index in [2.05, 4.69) is 32.4 Å². The lowest BCUT2D eigenvalue weighted by atomic mass is 10.1. The van der Waals surface area contributed by atoms with Crippen LogP contribution in [0.5, 0.6) is 0 Å². The Balaban J connectivity index is 1.68. The second-order valence-electron chi connectivity index (χ2n) is 4.86. The number of hydrogen-bond acceptors (Lipinski definition) is 3. The number of benzene rings is 1. The van der Waals surface area contributed by atoms with Crippen LogP contribution < -0.4 is 0 Å². The molecule has 1 aromatic carbocycles. The van der Waals surface area contributed by atoms with Crippen LogP contribution in [0.15, 0.2) is 60.9 Å². The van der Waals surface area contributed by atoms with Gasteiger partial charge in [-0.15, -0.1) is 0 Å². The van der Waals surface area contributed by atoms with Gasteiger partial charge in [0.2, 0.25) is 0 Å². The van der Waals surface area contributed by atoms with Crippen LogP contribution >= 0.6 is 0 Å². The molecule has 21 heavy (non-hydrogen) atoms. The standard InChI is InChI=1S/C16H13N5/c1-2-6-12(7-3-1)10-15-18-16(20-19-15)13-11-17-21-9-5-4-8-14(13)21/h1-9,11H,10H2,(H,18,19,20). The Morgan fingerprint density at radius 1 is 1.00 bits per heavy atom. The van der Waals surface area contributed by atoms with Crippen molar-refractivity contribution in [3.05, 3.63) is 72.3 Å². The van der Waals surface area contributed by atoms with E-state index in [1.807, 2.05) is 47.1 Å². The van der Waals surface area contributed by atoms with Crippen molar-refractivity contribution < 1.29 is 0 Å². The molecule has 0 amide bonds. The van der Waals surface area contributed by atoms with Crippen molar-refractivity contribution in [2.24, 2.45) is 0 Å². The first-order valence-corrected chi connectivity index (χ1v) is 6.78. The Labute approximate surface area is 121 Å². The lowest BCUT2D eigenvalue weighted by Crippen LogP contribution is -1.90. The minimum Gasteiger partial charge on any atom is -0.262 e. The van der Waals surface area contributed by atoms with Gasteiger partial charge in [0.1, 0.15) is 5.82 Å². The molecule has 4 rings (SSSR count). The molecular weight excluding hydrogens is 262 g/mol. The highest BCUT2D eigenvalue weighted by atomic mass is 15.2. The fraction of sp³-hybridized carbons (Fsp3) is 0.0625. The van der Waals surface area contributed by atoms with E-state index in [0.717, 1.165) is 23.3 Å². The van der Waals surface area contributed by atoms with Crippen molar-refractivity contribution in [2.45, 2.75) is 6.42 Å². The Bertz CT molecular complexity index is 876. The van der Waals surface area contributed by atoms with Gasteiger partial charge in [-0.3, -0.25) is 5.10 Å². The minimum absolute atomic E-state index is 0.683. The number of fused-ring (bicyclic) bond motifs is 1. The molecule has 0 aliphatic carbocycles. The van der Waals surface area contributed by atoms with Gasteiger partial charge in [0.25, 0.3) is 0 Å². The van der Waals surface area contributed by atoms with Crippen LogP contribution in [-0.2, 0) is 6.42 Å². The average molecular weight is 275 g/mol. The van der Waals surface area contributed by atoms with E-state index in [-0.39, 0.29) is 0 Å². The molecule has 0 saturated heterocycles. The number of aromatic amines is 1. The first-order chi connectivity index (χ1) is 10.4. The molecule has 0 unspecified atom stereocenters. The summed E-state index contributed by atoms with van der Waals surface area (Å²) < 4.78 is 1.82. The van der Waals surface area contributed by atoms with Crippen LogP contribution in [0.25, 0.3) is 16.9 Å². The fourth-order valence-electron chi connectivity index (χ4n) is 2.39. The summed E-state index contributed by atoms with van der Waals surface area (Å²) in [5.74, 6) is 1.54.